The molecule has 0 fully saturated rings. The van der Waals surface area contributed by atoms with Crippen LogP contribution >= 0.6 is 0 Å². The van der Waals surface area contributed by atoms with Gasteiger partial charge in [0.15, 0.2) is 0 Å². The van der Waals surface area contributed by atoms with Gasteiger partial charge in [-0.25, -0.2) is 4.79 Å². The summed E-state index contributed by atoms with van der Waals surface area (Å²) in [6.07, 6.45) is 1.68. The van der Waals surface area contributed by atoms with Crippen LogP contribution in [0.3, 0.4) is 0 Å². The number of furan rings is 1. The number of fused-ring (bicyclic) bond motifs is 1. The molecule has 4 heteroatoms. The molecule has 0 radical (unpaired) electrons. The maximum atomic E-state index is 12.2. The topological polar surface area (TPSA) is 55.4 Å². The van der Waals surface area contributed by atoms with E-state index in [9.17, 15) is 4.79 Å². The largest absolute Gasteiger partial charge is 0.467 e. The van der Waals surface area contributed by atoms with Crippen molar-refractivity contribution in [2.24, 2.45) is 0 Å². The van der Waals surface area contributed by atoms with Crippen LogP contribution in [0, 0.1) is 6.92 Å². The summed E-state index contributed by atoms with van der Waals surface area (Å²) in [5.41, 5.74) is 4.72. The Morgan fingerprint density at radius 3 is 2.48 bits per heavy atom. The molecule has 0 unspecified atom stereocenters. The van der Waals surface area contributed by atoms with E-state index in [1.165, 1.54) is 5.56 Å². The first-order valence-electron chi connectivity index (χ1n) is 9.92. The summed E-state index contributed by atoms with van der Waals surface area (Å²) in [5, 5.41) is 4.53. The summed E-state index contributed by atoms with van der Waals surface area (Å²) in [7, 11) is 0. The molecule has 4 rings (SSSR count). The van der Waals surface area contributed by atoms with Crippen LogP contribution in [0.2, 0.25) is 0 Å². The first-order valence-corrected chi connectivity index (χ1v) is 9.92. The summed E-state index contributed by atoms with van der Waals surface area (Å²) in [4.78, 5) is 12.2. The number of benzene rings is 2. The Kier molecular flexibility index (Phi) is 5.36. The van der Waals surface area contributed by atoms with Gasteiger partial charge in [0.25, 0.3) is 0 Å². The van der Waals surface area contributed by atoms with Gasteiger partial charge in [0, 0.05) is 18.0 Å². The fraction of sp³-hybridized carbons (Fsp3) is 0.240. The van der Waals surface area contributed by atoms with Crippen LogP contribution < -0.4 is 10.9 Å². The highest BCUT2D eigenvalue weighted by molar-refractivity contribution is 5.82. The Morgan fingerprint density at radius 1 is 1.00 bits per heavy atom. The lowest BCUT2D eigenvalue weighted by molar-refractivity contribution is 0.445. The molecule has 2 aromatic carbocycles. The maximum Gasteiger partial charge on any atom is 0.336 e. The highest BCUT2D eigenvalue weighted by Crippen LogP contribution is 2.28. The summed E-state index contributed by atoms with van der Waals surface area (Å²) in [6.45, 7) is 6.92. The van der Waals surface area contributed by atoms with Crippen LogP contribution in [0.25, 0.3) is 11.0 Å². The van der Waals surface area contributed by atoms with Gasteiger partial charge in [0.1, 0.15) is 11.3 Å². The van der Waals surface area contributed by atoms with E-state index in [1.54, 1.807) is 12.3 Å². The van der Waals surface area contributed by atoms with E-state index in [-0.39, 0.29) is 11.7 Å². The highest BCUT2D eigenvalue weighted by atomic mass is 16.4. The number of rotatable bonds is 6. The van der Waals surface area contributed by atoms with Crippen molar-refractivity contribution in [1.29, 1.82) is 0 Å². The quantitative estimate of drug-likeness (QED) is 0.431. The number of aryl methyl sites for hydroxylation is 1. The monoisotopic (exact) mass is 387 g/mol. The van der Waals surface area contributed by atoms with Crippen molar-refractivity contribution in [1.82, 2.24) is 5.32 Å². The third-order valence-electron chi connectivity index (χ3n) is 5.30. The third-order valence-corrected chi connectivity index (χ3v) is 5.30. The van der Waals surface area contributed by atoms with Crippen LogP contribution in [0.4, 0.5) is 0 Å². The Morgan fingerprint density at radius 2 is 1.79 bits per heavy atom. The molecule has 1 N–H and O–H groups in total. The zero-order chi connectivity index (χ0) is 20.4. The third kappa shape index (κ3) is 4.03. The van der Waals surface area contributed by atoms with Crippen molar-refractivity contribution < 1.29 is 8.83 Å². The minimum Gasteiger partial charge on any atom is -0.467 e. The number of hydrogen-bond acceptors (Lipinski definition) is 4. The zero-order valence-electron chi connectivity index (χ0n) is 16.9. The predicted molar refractivity (Wildman–Crippen MR) is 115 cm³/mol. The lowest BCUT2D eigenvalue weighted by Gasteiger charge is -2.18. The fourth-order valence-corrected chi connectivity index (χ4v) is 3.86. The van der Waals surface area contributed by atoms with Crippen molar-refractivity contribution in [3.8, 4) is 0 Å². The summed E-state index contributed by atoms with van der Waals surface area (Å²) >= 11 is 0. The van der Waals surface area contributed by atoms with Gasteiger partial charge in [-0.05, 0) is 59.4 Å². The molecule has 0 spiro atoms. The highest BCUT2D eigenvalue weighted by Gasteiger charge is 2.18. The minimum absolute atomic E-state index is 0.108. The molecular formula is C25H25NO3. The van der Waals surface area contributed by atoms with Gasteiger partial charge < -0.3 is 8.83 Å². The van der Waals surface area contributed by atoms with E-state index in [2.05, 4.69) is 44.3 Å². The van der Waals surface area contributed by atoms with Crippen LogP contribution in [0.5, 0.6) is 0 Å². The van der Waals surface area contributed by atoms with E-state index in [0.29, 0.717) is 18.0 Å². The molecule has 4 nitrogen and oxygen atoms in total. The molecule has 0 saturated carbocycles. The van der Waals surface area contributed by atoms with Crippen molar-refractivity contribution in [2.75, 3.05) is 0 Å². The second-order valence-electron chi connectivity index (χ2n) is 7.69. The second-order valence-corrected chi connectivity index (χ2v) is 7.69. The molecular weight excluding hydrogens is 362 g/mol. The summed E-state index contributed by atoms with van der Waals surface area (Å²) < 4.78 is 11.2. The van der Waals surface area contributed by atoms with E-state index >= 15 is 0 Å². The molecule has 2 heterocycles. The molecule has 2 aromatic heterocycles. The summed E-state index contributed by atoms with van der Waals surface area (Å²) in [5.74, 6) is 1.23. The minimum atomic E-state index is -0.333. The second kappa shape index (κ2) is 8.10. The fourth-order valence-electron chi connectivity index (χ4n) is 3.86. The van der Waals surface area contributed by atoms with Gasteiger partial charge in [0.2, 0.25) is 0 Å². The van der Waals surface area contributed by atoms with Crippen LogP contribution in [0.15, 0.2) is 80.6 Å². The molecule has 0 bridgehead atoms. The molecule has 4 aromatic rings. The van der Waals surface area contributed by atoms with E-state index < -0.39 is 0 Å². The Bertz CT molecular complexity index is 1160. The summed E-state index contributed by atoms with van der Waals surface area (Å²) in [6, 6.07) is 19.6. The van der Waals surface area contributed by atoms with Gasteiger partial charge in [-0.1, -0.05) is 44.2 Å². The molecule has 29 heavy (non-hydrogen) atoms. The standard InChI is InChI=1S/C25H25NO3/c1-16(2)20-14-21-19(13-24(27)29-23(21)12-17(20)3)15-26-25(22-10-7-11-28-22)18-8-5-4-6-9-18/h4-14,16,25-26H,15H2,1-3H3/t25-/m1/s1. The number of nitrogens with one attached hydrogen (secondary N) is 1. The average Bonchev–Trinajstić information content (AvgIpc) is 3.22. The van der Waals surface area contributed by atoms with Crippen molar-refractivity contribution >= 4 is 11.0 Å². The molecule has 0 aliphatic rings. The molecule has 1 atom stereocenters. The lowest BCUT2D eigenvalue weighted by atomic mass is 9.94. The number of hydrogen-bond donors (Lipinski definition) is 1. The lowest BCUT2D eigenvalue weighted by Crippen LogP contribution is -2.22. The smallest absolute Gasteiger partial charge is 0.336 e. The SMILES string of the molecule is Cc1cc2oc(=O)cc(CN[C@H](c3ccccc3)c3ccco3)c2cc1C(C)C. The predicted octanol–water partition coefficient (Wildman–Crippen LogP) is 5.70. The van der Waals surface area contributed by atoms with E-state index in [4.69, 9.17) is 8.83 Å². The van der Waals surface area contributed by atoms with E-state index in [1.807, 2.05) is 36.4 Å². The Labute approximate surface area is 170 Å². The zero-order valence-corrected chi connectivity index (χ0v) is 16.9. The van der Waals surface area contributed by atoms with Crippen molar-refractivity contribution in [3.63, 3.8) is 0 Å². The Hall–Kier alpha value is -3.11. The van der Waals surface area contributed by atoms with Crippen LogP contribution in [-0.4, -0.2) is 0 Å². The van der Waals surface area contributed by atoms with Gasteiger partial charge in [-0.2, -0.15) is 0 Å². The van der Waals surface area contributed by atoms with Gasteiger partial charge in [0.05, 0.1) is 12.3 Å². The first-order chi connectivity index (χ1) is 14.0. The van der Waals surface area contributed by atoms with Gasteiger partial charge >= 0.3 is 5.63 Å². The van der Waals surface area contributed by atoms with E-state index in [0.717, 1.165) is 27.8 Å². The normalized spacial score (nSPS) is 12.6. The van der Waals surface area contributed by atoms with Gasteiger partial charge in [-0.3, -0.25) is 5.32 Å². The van der Waals surface area contributed by atoms with Crippen LogP contribution in [-0.2, 0) is 6.54 Å². The Balaban J connectivity index is 1.73. The molecule has 0 amide bonds. The molecule has 148 valence electrons. The van der Waals surface area contributed by atoms with Crippen molar-refractivity contribution in [3.05, 3.63) is 105 Å². The molecule has 0 saturated heterocycles. The molecule has 0 aliphatic carbocycles. The maximum absolute atomic E-state index is 12.2. The van der Waals surface area contributed by atoms with Gasteiger partial charge in [-0.15, -0.1) is 0 Å². The van der Waals surface area contributed by atoms with Crippen molar-refractivity contribution in [2.45, 2.75) is 39.3 Å². The average molecular weight is 387 g/mol. The van der Waals surface area contributed by atoms with Crippen LogP contribution in [0.1, 0.15) is 53.8 Å². The first kappa shape index (κ1) is 19.2. The molecule has 0 aliphatic heterocycles.